The Kier molecular flexibility index (Phi) is 4.50. The van der Waals surface area contributed by atoms with Crippen LogP contribution in [0.5, 0.6) is 0 Å². The highest BCUT2D eigenvalue weighted by atomic mass is 32.1. The van der Waals surface area contributed by atoms with Crippen molar-refractivity contribution >= 4 is 28.9 Å². The Morgan fingerprint density at radius 2 is 2.08 bits per heavy atom. The molecule has 1 aliphatic heterocycles. The number of hydrogen-bond donors (Lipinski definition) is 1. The van der Waals surface area contributed by atoms with Crippen LogP contribution >= 0.6 is 12.2 Å². The summed E-state index contributed by atoms with van der Waals surface area (Å²) in [6.45, 7) is 9.51. The summed E-state index contributed by atoms with van der Waals surface area (Å²) < 4.78 is 6.08. The Labute approximate surface area is 157 Å². The summed E-state index contributed by atoms with van der Waals surface area (Å²) in [4.78, 5) is 14.4. The Morgan fingerprint density at radius 3 is 2.81 bits per heavy atom. The van der Waals surface area contributed by atoms with E-state index in [1.54, 1.807) is 10.6 Å². The summed E-state index contributed by atoms with van der Waals surface area (Å²) in [7, 11) is 0. The Morgan fingerprint density at radius 1 is 1.35 bits per heavy atom. The van der Waals surface area contributed by atoms with Gasteiger partial charge in [-0.05, 0) is 43.1 Å². The zero-order chi connectivity index (χ0) is 18.3. The monoisotopic (exact) mass is 370 g/mol. The van der Waals surface area contributed by atoms with Crippen LogP contribution in [0.15, 0.2) is 41.7 Å². The molecule has 4 rings (SSSR count). The van der Waals surface area contributed by atoms with Crippen molar-refractivity contribution < 1.29 is 4.90 Å². The first-order valence-electron chi connectivity index (χ1n) is 9.15. The van der Waals surface area contributed by atoms with Crippen molar-refractivity contribution in [2.75, 3.05) is 13.1 Å². The molecule has 1 aromatic carbocycles. The topological polar surface area (TPSA) is 48.7 Å². The molecule has 0 bridgehead atoms. The number of aromatic nitrogens is 4. The van der Waals surface area contributed by atoms with Gasteiger partial charge in [-0.25, -0.2) is 0 Å². The number of allylic oxidation sites excluding steroid dienone is 1. The fourth-order valence-electron chi connectivity index (χ4n) is 3.80. The highest BCUT2D eigenvalue weighted by Crippen LogP contribution is 2.14. The largest absolute Gasteiger partial charge is 0.316 e. The molecule has 0 spiro atoms. The molecule has 3 aromatic rings. The quantitative estimate of drug-likeness (QED) is 0.561. The Balaban J connectivity index is 1.89. The molecule has 136 valence electrons. The van der Waals surface area contributed by atoms with E-state index >= 15 is 0 Å². The van der Waals surface area contributed by atoms with Gasteiger partial charge < -0.3 is 4.90 Å². The van der Waals surface area contributed by atoms with Gasteiger partial charge in [0.1, 0.15) is 0 Å². The minimum atomic E-state index is -0.0562. The number of para-hydroxylation sites is 1. The van der Waals surface area contributed by atoms with E-state index in [0.717, 1.165) is 31.2 Å². The standard InChI is InChI=1S/C19H23N5OS/c1-3-10-22-17(25)15-6-4-5-7-16(15)24-18(22)20-23(19(24)26)13-21-11-8-14(2)9-12-21/h3-7,14H,1,8-13H2,2H3/p+1. The fourth-order valence-corrected chi connectivity index (χ4v) is 4.09. The molecular weight excluding hydrogens is 346 g/mol. The minimum absolute atomic E-state index is 0.0562. The van der Waals surface area contributed by atoms with E-state index in [0.29, 0.717) is 22.5 Å². The van der Waals surface area contributed by atoms with E-state index in [-0.39, 0.29) is 5.56 Å². The summed E-state index contributed by atoms with van der Waals surface area (Å²) in [6.07, 6.45) is 4.19. The van der Waals surface area contributed by atoms with Crippen LogP contribution in [0.3, 0.4) is 0 Å². The minimum Gasteiger partial charge on any atom is -0.316 e. The van der Waals surface area contributed by atoms with Gasteiger partial charge in [0.05, 0.1) is 24.0 Å². The maximum absolute atomic E-state index is 12.9. The number of nitrogens with one attached hydrogen (secondary N) is 1. The van der Waals surface area contributed by atoms with E-state index in [9.17, 15) is 4.79 Å². The van der Waals surface area contributed by atoms with Crippen molar-refractivity contribution in [1.82, 2.24) is 18.7 Å². The SMILES string of the molecule is C=CCn1c(=O)c2ccccc2n2c(=S)n(C[NH+]3CCC(C)CC3)nc12. The van der Waals surface area contributed by atoms with Gasteiger partial charge in [-0.1, -0.05) is 25.1 Å². The molecule has 6 nitrogen and oxygen atoms in total. The van der Waals surface area contributed by atoms with Crippen LogP contribution in [-0.4, -0.2) is 31.8 Å². The molecule has 3 heterocycles. The maximum atomic E-state index is 12.9. The number of rotatable bonds is 4. The number of nitrogens with zero attached hydrogens (tertiary/aromatic N) is 4. The van der Waals surface area contributed by atoms with Gasteiger partial charge in [0.15, 0.2) is 6.67 Å². The van der Waals surface area contributed by atoms with Crippen LogP contribution in [0.25, 0.3) is 16.7 Å². The number of fused-ring (bicyclic) bond motifs is 3. The zero-order valence-corrected chi connectivity index (χ0v) is 15.8. The Bertz CT molecular complexity index is 1080. The number of piperidine rings is 1. The molecule has 1 aliphatic rings. The second-order valence-electron chi connectivity index (χ2n) is 7.23. The first-order valence-corrected chi connectivity index (χ1v) is 9.56. The van der Waals surface area contributed by atoms with E-state index in [1.807, 2.05) is 33.3 Å². The molecule has 1 fully saturated rings. The average molecular weight is 371 g/mol. The first-order chi connectivity index (χ1) is 12.6. The zero-order valence-electron chi connectivity index (χ0n) is 15.0. The molecule has 0 aliphatic carbocycles. The van der Waals surface area contributed by atoms with Crippen molar-refractivity contribution in [3.05, 3.63) is 52.0 Å². The molecule has 0 radical (unpaired) electrons. The molecule has 0 saturated carbocycles. The van der Waals surface area contributed by atoms with Crippen LogP contribution in [0.1, 0.15) is 19.8 Å². The molecule has 1 N–H and O–H groups in total. The van der Waals surface area contributed by atoms with Crippen molar-refractivity contribution in [2.24, 2.45) is 5.92 Å². The lowest BCUT2D eigenvalue weighted by molar-refractivity contribution is -0.929. The summed E-state index contributed by atoms with van der Waals surface area (Å²) in [6, 6.07) is 7.57. The Hall–Kier alpha value is -2.25. The maximum Gasteiger partial charge on any atom is 0.263 e. The van der Waals surface area contributed by atoms with Crippen molar-refractivity contribution in [1.29, 1.82) is 0 Å². The number of benzene rings is 1. The van der Waals surface area contributed by atoms with Crippen molar-refractivity contribution in [3.8, 4) is 0 Å². The van der Waals surface area contributed by atoms with E-state index in [1.165, 1.54) is 17.7 Å². The van der Waals surface area contributed by atoms with Gasteiger partial charge in [-0.3, -0.25) is 13.8 Å². The molecular formula is C19H24N5OS+. The summed E-state index contributed by atoms with van der Waals surface area (Å²) >= 11 is 5.74. The van der Waals surface area contributed by atoms with Crippen LogP contribution in [0.2, 0.25) is 0 Å². The van der Waals surface area contributed by atoms with Gasteiger partial charge in [0.2, 0.25) is 10.5 Å². The van der Waals surface area contributed by atoms with E-state index < -0.39 is 0 Å². The predicted octanol–water partition coefficient (Wildman–Crippen LogP) is 1.64. The van der Waals surface area contributed by atoms with Crippen LogP contribution < -0.4 is 10.5 Å². The number of likely N-dealkylation sites (tertiary alicyclic amines) is 1. The van der Waals surface area contributed by atoms with E-state index in [4.69, 9.17) is 17.3 Å². The van der Waals surface area contributed by atoms with Crippen LogP contribution in [0.4, 0.5) is 0 Å². The molecule has 0 unspecified atom stereocenters. The first kappa shape index (κ1) is 17.2. The average Bonchev–Trinajstić information content (AvgIpc) is 2.97. The van der Waals surface area contributed by atoms with Gasteiger partial charge in [-0.15, -0.1) is 11.7 Å². The van der Waals surface area contributed by atoms with Gasteiger partial charge in [-0.2, -0.15) is 4.68 Å². The lowest BCUT2D eigenvalue weighted by Gasteiger charge is -2.26. The molecule has 1 saturated heterocycles. The number of quaternary nitrogens is 1. The second kappa shape index (κ2) is 6.81. The highest BCUT2D eigenvalue weighted by molar-refractivity contribution is 7.71. The summed E-state index contributed by atoms with van der Waals surface area (Å²) in [5.41, 5.74) is 0.755. The molecule has 7 heteroatoms. The van der Waals surface area contributed by atoms with Gasteiger partial charge >= 0.3 is 0 Å². The highest BCUT2D eigenvalue weighted by Gasteiger charge is 2.21. The third-order valence-electron chi connectivity index (χ3n) is 5.35. The van der Waals surface area contributed by atoms with E-state index in [2.05, 4.69) is 13.5 Å². The van der Waals surface area contributed by atoms with Crippen molar-refractivity contribution in [2.45, 2.75) is 33.0 Å². The smallest absolute Gasteiger partial charge is 0.263 e. The normalized spacial score (nSPS) is 20.7. The van der Waals surface area contributed by atoms with Gasteiger partial charge in [0.25, 0.3) is 5.56 Å². The third-order valence-corrected chi connectivity index (χ3v) is 5.74. The second-order valence-corrected chi connectivity index (χ2v) is 7.59. The molecule has 0 amide bonds. The predicted molar refractivity (Wildman–Crippen MR) is 105 cm³/mol. The summed E-state index contributed by atoms with van der Waals surface area (Å²) in [5, 5.41) is 5.37. The summed E-state index contributed by atoms with van der Waals surface area (Å²) in [5.74, 6) is 1.39. The lowest BCUT2D eigenvalue weighted by Crippen LogP contribution is -3.12. The molecule has 2 aromatic heterocycles. The van der Waals surface area contributed by atoms with Crippen LogP contribution in [-0.2, 0) is 13.2 Å². The number of hydrogen-bond acceptors (Lipinski definition) is 3. The molecule has 26 heavy (non-hydrogen) atoms. The van der Waals surface area contributed by atoms with Crippen molar-refractivity contribution in [3.63, 3.8) is 0 Å². The molecule has 0 atom stereocenters. The van der Waals surface area contributed by atoms with Crippen LogP contribution in [0, 0.1) is 10.7 Å². The third kappa shape index (κ3) is 2.81. The fraction of sp³-hybridized carbons (Fsp3) is 0.421. The lowest BCUT2D eigenvalue weighted by atomic mass is 10.00. The van der Waals surface area contributed by atoms with Gasteiger partial charge in [0, 0.05) is 6.54 Å².